The van der Waals surface area contributed by atoms with E-state index < -0.39 is 0 Å². The Bertz CT molecular complexity index is 565. The lowest BCUT2D eigenvalue weighted by molar-refractivity contribution is -0.142. The number of rotatable bonds is 3. The van der Waals surface area contributed by atoms with Gasteiger partial charge >= 0.3 is 5.97 Å². The van der Waals surface area contributed by atoms with Gasteiger partial charge in [0.25, 0.3) is 0 Å². The highest BCUT2D eigenvalue weighted by atomic mass is 79.9. The first-order valence-electron chi connectivity index (χ1n) is 5.19. The monoisotopic (exact) mass is 297 g/mol. The van der Waals surface area contributed by atoms with Crippen LogP contribution in [0.15, 0.2) is 22.8 Å². The molecule has 0 spiro atoms. The summed E-state index contributed by atoms with van der Waals surface area (Å²) in [6.07, 6.45) is 1.91. The van der Waals surface area contributed by atoms with Crippen molar-refractivity contribution in [1.82, 2.24) is 9.38 Å². The van der Waals surface area contributed by atoms with Crippen molar-refractivity contribution in [2.45, 2.75) is 13.3 Å². The van der Waals surface area contributed by atoms with Crippen molar-refractivity contribution in [3.05, 3.63) is 28.5 Å². The molecule has 0 aromatic carbocycles. The van der Waals surface area contributed by atoms with Crippen LogP contribution >= 0.6 is 15.9 Å². The van der Waals surface area contributed by atoms with Crippen molar-refractivity contribution in [1.29, 1.82) is 0 Å². The SMILES string of the molecule is CCOC(=O)Cc1nc2ccc(Br)cn2c1N. The zero-order chi connectivity index (χ0) is 12.4. The van der Waals surface area contributed by atoms with Crippen LogP contribution in [0.25, 0.3) is 5.65 Å². The number of fused-ring (bicyclic) bond motifs is 1. The predicted octanol–water partition coefficient (Wildman–Crippen LogP) is 1.78. The van der Waals surface area contributed by atoms with Gasteiger partial charge in [0.2, 0.25) is 0 Å². The highest BCUT2D eigenvalue weighted by Gasteiger charge is 2.13. The van der Waals surface area contributed by atoms with E-state index in [4.69, 9.17) is 10.5 Å². The summed E-state index contributed by atoms with van der Waals surface area (Å²) in [6, 6.07) is 3.70. The molecule has 5 nitrogen and oxygen atoms in total. The van der Waals surface area contributed by atoms with Crippen LogP contribution in [0.5, 0.6) is 0 Å². The Morgan fingerprint density at radius 1 is 1.59 bits per heavy atom. The van der Waals surface area contributed by atoms with Crippen LogP contribution in [-0.2, 0) is 16.0 Å². The Balaban J connectivity index is 2.35. The number of pyridine rings is 1. The number of nitrogens with zero attached hydrogens (tertiary/aromatic N) is 2. The molecule has 90 valence electrons. The number of aromatic nitrogens is 2. The van der Waals surface area contributed by atoms with Gasteiger partial charge < -0.3 is 10.5 Å². The fourth-order valence-electron chi connectivity index (χ4n) is 1.56. The molecule has 0 saturated carbocycles. The first kappa shape index (κ1) is 11.9. The summed E-state index contributed by atoms with van der Waals surface area (Å²) >= 11 is 3.36. The molecular weight excluding hydrogens is 286 g/mol. The quantitative estimate of drug-likeness (QED) is 0.877. The van der Waals surface area contributed by atoms with Crippen LogP contribution in [0.1, 0.15) is 12.6 Å². The smallest absolute Gasteiger partial charge is 0.312 e. The first-order chi connectivity index (χ1) is 8.11. The van der Waals surface area contributed by atoms with Gasteiger partial charge in [-0.15, -0.1) is 0 Å². The molecule has 2 rings (SSSR count). The lowest BCUT2D eigenvalue weighted by Crippen LogP contribution is -2.09. The van der Waals surface area contributed by atoms with Crippen LogP contribution in [-0.4, -0.2) is 22.0 Å². The molecule has 0 saturated heterocycles. The summed E-state index contributed by atoms with van der Waals surface area (Å²) in [5.41, 5.74) is 7.18. The third-order valence-corrected chi connectivity index (χ3v) is 2.78. The second kappa shape index (κ2) is 4.75. The standard InChI is InChI=1S/C11H12BrN3O2/c1-2-17-10(16)5-8-11(13)15-6-7(12)3-4-9(15)14-8/h3-4,6H,2,5,13H2,1H3. The van der Waals surface area contributed by atoms with Gasteiger partial charge in [0, 0.05) is 10.7 Å². The van der Waals surface area contributed by atoms with E-state index in [-0.39, 0.29) is 12.4 Å². The summed E-state index contributed by atoms with van der Waals surface area (Å²) in [7, 11) is 0. The largest absolute Gasteiger partial charge is 0.466 e. The first-order valence-corrected chi connectivity index (χ1v) is 5.98. The number of carbonyl (C=O) groups is 1. The number of esters is 1. The number of ether oxygens (including phenoxy) is 1. The number of nitrogen functional groups attached to an aromatic ring is 1. The number of anilines is 1. The van der Waals surface area contributed by atoms with Gasteiger partial charge in [-0.25, -0.2) is 4.98 Å². The highest BCUT2D eigenvalue weighted by molar-refractivity contribution is 9.10. The van der Waals surface area contributed by atoms with Gasteiger partial charge in [-0.1, -0.05) is 0 Å². The van der Waals surface area contributed by atoms with Gasteiger partial charge in [0.15, 0.2) is 0 Å². The fraction of sp³-hybridized carbons (Fsp3) is 0.273. The number of carbonyl (C=O) groups excluding carboxylic acids is 1. The third-order valence-electron chi connectivity index (χ3n) is 2.31. The molecule has 0 radical (unpaired) electrons. The average molecular weight is 298 g/mol. The molecule has 6 heteroatoms. The maximum Gasteiger partial charge on any atom is 0.312 e. The molecule has 2 aromatic rings. The van der Waals surface area contributed by atoms with Crippen LogP contribution < -0.4 is 5.73 Å². The number of nitrogens with two attached hydrogens (primary N) is 1. The second-order valence-electron chi connectivity index (χ2n) is 3.50. The van der Waals surface area contributed by atoms with Crippen LogP contribution in [0.2, 0.25) is 0 Å². The van der Waals surface area contributed by atoms with Crippen LogP contribution in [0.4, 0.5) is 5.82 Å². The Morgan fingerprint density at radius 2 is 2.35 bits per heavy atom. The van der Waals surface area contributed by atoms with E-state index >= 15 is 0 Å². The van der Waals surface area contributed by atoms with E-state index in [9.17, 15) is 4.79 Å². The molecule has 0 amide bonds. The minimum absolute atomic E-state index is 0.0962. The number of hydrogen-bond donors (Lipinski definition) is 1. The van der Waals surface area contributed by atoms with Crippen LogP contribution in [0, 0.1) is 0 Å². The van der Waals surface area contributed by atoms with Gasteiger partial charge in [0.05, 0.1) is 18.7 Å². The summed E-state index contributed by atoms with van der Waals surface area (Å²) in [5.74, 6) is 0.149. The molecule has 0 bridgehead atoms. The zero-order valence-corrected chi connectivity index (χ0v) is 10.9. The van der Waals surface area contributed by atoms with E-state index in [0.717, 1.165) is 4.47 Å². The predicted molar refractivity (Wildman–Crippen MR) is 67.6 cm³/mol. The lowest BCUT2D eigenvalue weighted by Gasteiger charge is -2.00. The molecule has 0 unspecified atom stereocenters. The Kier molecular flexibility index (Phi) is 3.33. The van der Waals surface area contributed by atoms with Gasteiger partial charge in [-0.3, -0.25) is 9.20 Å². The molecule has 0 atom stereocenters. The fourth-order valence-corrected chi connectivity index (χ4v) is 1.90. The van der Waals surface area contributed by atoms with Crippen molar-refractivity contribution in [2.24, 2.45) is 0 Å². The number of imidazole rings is 1. The molecule has 0 fully saturated rings. The molecule has 0 aliphatic carbocycles. The lowest BCUT2D eigenvalue weighted by atomic mass is 10.3. The molecule has 2 heterocycles. The van der Waals surface area contributed by atoms with E-state index in [1.807, 2.05) is 18.3 Å². The molecule has 0 aliphatic rings. The average Bonchev–Trinajstić information content (AvgIpc) is 2.57. The van der Waals surface area contributed by atoms with Crippen molar-refractivity contribution >= 4 is 33.4 Å². The number of hydrogen-bond acceptors (Lipinski definition) is 4. The van der Waals surface area contributed by atoms with E-state index in [0.29, 0.717) is 23.8 Å². The van der Waals surface area contributed by atoms with Gasteiger partial charge in [-0.05, 0) is 35.0 Å². The Morgan fingerprint density at radius 3 is 3.06 bits per heavy atom. The van der Waals surface area contributed by atoms with Crippen molar-refractivity contribution in [2.75, 3.05) is 12.3 Å². The third kappa shape index (κ3) is 2.41. The highest BCUT2D eigenvalue weighted by Crippen LogP contribution is 2.19. The van der Waals surface area contributed by atoms with Gasteiger partial charge in [-0.2, -0.15) is 0 Å². The summed E-state index contributed by atoms with van der Waals surface area (Å²) in [4.78, 5) is 15.7. The molecule has 2 aromatic heterocycles. The van der Waals surface area contributed by atoms with Crippen molar-refractivity contribution in [3.63, 3.8) is 0 Å². The zero-order valence-electron chi connectivity index (χ0n) is 9.31. The number of halogens is 1. The molecule has 17 heavy (non-hydrogen) atoms. The topological polar surface area (TPSA) is 69.6 Å². The maximum absolute atomic E-state index is 11.4. The summed E-state index contributed by atoms with van der Waals surface area (Å²) in [5, 5.41) is 0. The maximum atomic E-state index is 11.4. The van der Waals surface area contributed by atoms with Crippen LogP contribution in [0.3, 0.4) is 0 Å². The molecule has 2 N–H and O–H groups in total. The summed E-state index contributed by atoms with van der Waals surface area (Å²) < 4.78 is 7.50. The Labute approximate surface area is 107 Å². The van der Waals surface area contributed by atoms with E-state index in [1.165, 1.54) is 0 Å². The summed E-state index contributed by atoms with van der Waals surface area (Å²) in [6.45, 7) is 2.12. The van der Waals surface area contributed by atoms with Crippen molar-refractivity contribution in [3.8, 4) is 0 Å². The minimum atomic E-state index is -0.318. The van der Waals surface area contributed by atoms with E-state index in [1.54, 1.807) is 11.3 Å². The van der Waals surface area contributed by atoms with Gasteiger partial charge in [0.1, 0.15) is 11.5 Å². The molecular formula is C11H12BrN3O2. The van der Waals surface area contributed by atoms with Crippen molar-refractivity contribution < 1.29 is 9.53 Å². The Hall–Kier alpha value is -1.56. The molecule has 0 aliphatic heterocycles. The normalized spacial score (nSPS) is 10.7. The van der Waals surface area contributed by atoms with E-state index in [2.05, 4.69) is 20.9 Å². The second-order valence-corrected chi connectivity index (χ2v) is 4.42. The minimum Gasteiger partial charge on any atom is -0.466 e.